The first-order valence-electron chi connectivity index (χ1n) is 4.96. The smallest absolute Gasteiger partial charge is 0.337 e. The third-order valence-electron chi connectivity index (χ3n) is 2.27. The van der Waals surface area contributed by atoms with Gasteiger partial charge in [0.25, 0.3) is 0 Å². The second-order valence-corrected chi connectivity index (χ2v) is 3.61. The minimum Gasteiger partial charge on any atom is -0.478 e. The van der Waals surface area contributed by atoms with Gasteiger partial charge in [-0.2, -0.15) is 5.10 Å². The van der Waals surface area contributed by atoms with Crippen molar-refractivity contribution in [2.75, 3.05) is 11.1 Å². The Kier molecular flexibility index (Phi) is 2.70. The SMILES string of the molecule is Cn1ccc(Nc2ccc(N)c(C(=O)O)c2)n1. The summed E-state index contributed by atoms with van der Waals surface area (Å²) in [5.41, 5.74) is 6.51. The Morgan fingerprint density at radius 1 is 1.47 bits per heavy atom. The Balaban J connectivity index is 2.28. The molecule has 6 nitrogen and oxygen atoms in total. The van der Waals surface area contributed by atoms with E-state index < -0.39 is 5.97 Å². The maximum atomic E-state index is 10.9. The van der Waals surface area contributed by atoms with E-state index in [1.807, 2.05) is 0 Å². The summed E-state index contributed by atoms with van der Waals surface area (Å²) in [6.07, 6.45) is 1.79. The number of aromatic carboxylic acids is 1. The summed E-state index contributed by atoms with van der Waals surface area (Å²) in [7, 11) is 1.80. The van der Waals surface area contributed by atoms with Crippen molar-refractivity contribution in [2.45, 2.75) is 0 Å². The van der Waals surface area contributed by atoms with E-state index in [9.17, 15) is 4.79 Å². The summed E-state index contributed by atoms with van der Waals surface area (Å²) in [5.74, 6) is -0.402. The van der Waals surface area contributed by atoms with Crippen LogP contribution in [0.1, 0.15) is 10.4 Å². The van der Waals surface area contributed by atoms with Gasteiger partial charge in [0, 0.05) is 30.7 Å². The summed E-state index contributed by atoms with van der Waals surface area (Å²) in [4.78, 5) is 10.9. The third kappa shape index (κ3) is 2.36. The molecule has 0 amide bonds. The fraction of sp³-hybridized carbons (Fsp3) is 0.0909. The molecule has 17 heavy (non-hydrogen) atoms. The molecule has 6 heteroatoms. The number of hydrogen-bond donors (Lipinski definition) is 3. The number of carboxylic acid groups (broad SMARTS) is 1. The van der Waals surface area contributed by atoms with E-state index in [0.29, 0.717) is 11.5 Å². The highest BCUT2D eigenvalue weighted by Gasteiger charge is 2.09. The second kappa shape index (κ2) is 4.17. The van der Waals surface area contributed by atoms with Gasteiger partial charge in [0.15, 0.2) is 5.82 Å². The number of carboxylic acids is 1. The van der Waals surface area contributed by atoms with Crippen molar-refractivity contribution >= 4 is 23.2 Å². The predicted molar refractivity (Wildman–Crippen MR) is 64.3 cm³/mol. The molecule has 0 aliphatic carbocycles. The lowest BCUT2D eigenvalue weighted by Crippen LogP contribution is -2.03. The van der Waals surface area contributed by atoms with Crippen LogP contribution in [0.25, 0.3) is 0 Å². The normalized spacial score (nSPS) is 10.2. The van der Waals surface area contributed by atoms with Gasteiger partial charge in [-0.3, -0.25) is 4.68 Å². The van der Waals surface area contributed by atoms with Gasteiger partial charge < -0.3 is 16.2 Å². The molecule has 0 saturated carbocycles. The first-order chi connectivity index (χ1) is 8.06. The second-order valence-electron chi connectivity index (χ2n) is 3.61. The number of nitrogens with one attached hydrogen (secondary N) is 1. The Morgan fingerprint density at radius 2 is 2.24 bits per heavy atom. The van der Waals surface area contributed by atoms with Crippen LogP contribution in [-0.2, 0) is 7.05 Å². The number of aromatic nitrogens is 2. The molecule has 0 fully saturated rings. The van der Waals surface area contributed by atoms with E-state index in [4.69, 9.17) is 10.8 Å². The number of rotatable bonds is 3. The van der Waals surface area contributed by atoms with Crippen LogP contribution in [0.5, 0.6) is 0 Å². The quantitative estimate of drug-likeness (QED) is 0.696. The summed E-state index contributed by atoms with van der Waals surface area (Å²) >= 11 is 0. The number of aryl methyl sites for hydroxylation is 1. The first kappa shape index (κ1) is 11.0. The maximum absolute atomic E-state index is 10.9. The molecule has 0 saturated heterocycles. The van der Waals surface area contributed by atoms with Gasteiger partial charge in [0.2, 0.25) is 0 Å². The molecule has 4 N–H and O–H groups in total. The van der Waals surface area contributed by atoms with E-state index in [2.05, 4.69) is 10.4 Å². The van der Waals surface area contributed by atoms with E-state index in [1.54, 1.807) is 36.1 Å². The van der Waals surface area contributed by atoms with Gasteiger partial charge in [-0.25, -0.2) is 4.79 Å². The van der Waals surface area contributed by atoms with Crippen molar-refractivity contribution in [2.24, 2.45) is 7.05 Å². The highest BCUT2D eigenvalue weighted by molar-refractivity contribution is 5.95. The molecule has 0 atom stereocenters. The molecule has 0 unspecified atom stereocenters. The lowest BCUT2D eigenvalue weighted by Gasteiger charge is -2.06. The fourth-order valence-corrected chi connectivity index (χ4v) is 1.45. The maximum Gasteiger partial charge on any atom is 0.337 e. The summed E-state index contributed by atoms with van der Waals surface area (Å²) in [6, 6.07) is 6.52. The molecule has 0 radical (unpaired) electrons. The van der Waals surface area contributed by atoms with Crippen molar-refractivity contribution in [1.29, 1.82) is 0 Å². The van der Waals surface area contributed by atoms with Crippen LogP contribution in [0.2, 0.25) is 0 Å². The Hall–Kier alpha value is -2.50. The summed E-state index contributed by atoms with van der Waals surface area (Å²) < 4.78 is 1.65. The van der Waals surface area contributed by atoms with E-state index >= 15 is 0 Å². The molecule has 0 aliphatic heterocycles. The predicted octanol–water partition coefficient (Wildman–Crippen LogP) is 1.44. The van der Waals surface area contributed by atoms with Crippen LogP contribution in [0.15, 0.2) is 30.5 Å². The van der Waals surface area contributed by atoms with Gasteiger partial charge in [-0.05, 0) is 18.2 Å². The molecular weight excluding hydrogens is 220 g/mol. The van der Waals surface area contributed by atoms with Crippen LogP contribution in [0.4, 0.5) is 17.2 Å². The van der Waals surface area contributed by atoms with Crippen LogP contribution < -0.4 is 11.1 Å². The van der Waals surface area contributed by atoms with Crippen molar-refractivity contribution in [3.63, 3.8) is 0 Å². The number of nitrogens with zero attached hydrogens (tertiary/aromatic N) is 2. The number of benzene rings is 1. The largest absolute Gasteiger partial charge is 0.478 e. The van der Waals surface area contributed by atoms with Gasteiger partial charge in [0.05, 0.1) is 5.56 Å². The van der Waals surface area contributed by atoms with Crippen LogP contribution in [0.3, 0.4) is 0 Å². The molecular formula is C11H12N4O2. The average molecular weight is 232 g/mol. The van der Waals surface area contributed by atoms with Crippen molar-refractivity contribution in [3.8, 4) is 0 Å². The van der Waals surface area contributed by atoms with Crippen molar-refractivity contribution in [1.82, 2.24) is 9.78 Å². The molecule has 1 heterocycles. The van der Waals surface area contributed by atoms with E-state index in [-0.39, 0.29) is 11.3 Å². The van der Waals surface area contributed by atoms with Crippen molar-refractivity contribution in [3.05, 3.63) is 36.0 Å². The highest BCUT2D eigenvalue weighted by Crippen LogP contribution is 2.20. The highest BCUT2D eigenvalue weighted by atomic mass is 16.4. The molecule has 88 valence electrons. The van der Waals surface area contributed by atoms with Gasteiger partial charge in [0.1, 0.15) is 0 Å². The zero-order chi connectivity index (χ0) is 12.4. The number of nitrogens with two attached hydrogens (primary N) is 1. The monoisotopic (exact) mass is 232 g/mol. The minimum absolute atomic E-state index is 0.0749. The molecule has 0 aliphatic rings. The standard InChI is InChI=1S/C11H12N4O2/c1-15-5-4-10(14-15)13-7-2-3-9(12)8(6-7)11(16)17/h2-6H,12H2,1H3,(H,13,14)(H,16,17). The van der Waals surface area contributed by atoms with Crippen LogP contribution in [-0.4, -0.2) is 20.9 Å². The van der Waals surface area contributed by atoms with Crippen molar-refractivity contribution < 1.29 is 9.90 Å². The van der Waals surface area contributed by atoms with Crippen LogP contribution in [0, 0.1) is 0 Å². The molecule has 0 bridgehead atoms. The lowest BCUT2D eigenvalue weighted by atomic mass is 10.1. The van der Waals surface area contributed by atoms with E-state index in [1.165, 1.54) is 6.07 Å². The van der Waals surface area contributed by atoms with Gasteiger partial charge in [-0.1, -0.05) is 0 Å². The number of hydrogen-bond acceptors (Lipinski definition) is 4. The number of carbonyl (C=O) groups is 1. The van der Waals surface area contributed by atoms with Crippen LogP contribution >= 0.6 is 0 Å². The average Bonchev–Trinajstić information content (AvgIpc) is 2.66. The Labute approximate surface area is 97.7 Å². The molecule has 1 aromatic heterocycles. The van der Waals surface area contributed by atoms with Gasteiger partial charge >= 0.3 is 5.97 Å². The molecule has 1 aromatic carbocycles. The fourth-order valence-electron chi connectivity index (χ4n) is 1.45. The Bertz CT molecular complexity index is 562. The number of nitrogen functional groups attached to an aromatic ring is 1. The zero-order valence-electron chi connectivity index (χ0n) is 9.21. The topological polar surface area (TPSA) is 93.2 Å². The summed E-state index contributed by atoms with van der Waals surface area (Å²) in [6.45, 7) is 0. The third-order valence-corrected chi connectivity index (χ3v) is 2.27. The van der Waals surface area contributed by atoms with E-state index in [0.717, 1.165) is 0 Å². The minimum atomic E-state index is -1.05. The molecule has 2 aromatic rings. The molecule has 2 rings (SSSR count). The Morgan fingerprint density at radius 3 is 2.82 bits per heavy atom. The summed E-state index contributed by atoms with van der Waals surface area (Å²) in [5, 5.41) is 16.1. The first-order valence-corrected chi connectivity index (χ1v) is 4.96. The number of anilines is 3. The lowest BCUT2D eigenvalue weighted by molar-refractivity contribution is 0.0698. The molecule has 0 spiro atoms. The zero-order valence-corrected chi connectivity index (χ0v) is 9.21. The van der Waals surface area contributed by atoms with Gasteiger partial charge in [-0.15, -0.1) is 0 Å².